The molecule has 2 aromatic carbocycles. The number of aromatic nitrogens is 2. The van der Waals surface area contributed by atoms with Crippen LogP contribution in [0.1, 0.15) is 24.0 Å². The average Bonchev–Trinajstić information content (AvgIpc) is 3.33. The number of hydrogen-bond donors (Lipinski definition) is 0. The van der Waals surface area contributed by atoms with Crippen LogP contribution in [0.3, 0.4) is 0 Å². The van der Waals surface area contributed by atoms with Gasteiger partial charge in [-0.25, -0.2) is 9.07 Å². The van der Waals surface area contributed by atoms with Crippen molar-refractivity contribution in [3.05, 3.63) is 71.7 Å². The van der Waals surface area contributed by atoms with E-state index in [9.17, 15) is 4.39 Å². The van der Waals surface area contributed by atoms with Gasteiger partial charge in [-0.3, -0.25) is 4.90 Å². The molecule has 28 heavy (non-hydrogen) atoms. The van der Waals surface area contributed by atoms with Gasteiger partial charge in [-0.1, -0.05) is 17.7 Å². The van der Waals surface area contributed by atoms with E-state index in [0.717, 1.165) is 55.0 Å². The van der Waals surface area contributed by atoms with Crippen LogP contribution in [-0.4, -0.2) is 41.0 Å². The van der Waals surface area contributed by atoms with Gasteiger partial charge in [0.2, 0.25) is 0 Å². The standard InChI is InChI=1S/C23H26FN3O/c1-17-5-11-21(12-6-17)27-15-19(14-26(2)16-22-4-3-13-28-22)23(25-27)18-7-9-20(24)10-8-18/h5-12,15,22H,3-4,13-14,16H2,1-2H3/t22-/m0/s1. The van der Waals surface area contributed by atoms with Crippen molar-refractivity contribution in [3.63, 3.8) is 0 Å². The summed E-state index contributed by atoms with van der Waals surface area (Å²) in [5.41, 5.74) is 5.16. The third-order valence-corrected chi connectivity index (χ3v) is 5.19. The van der Waals surface area contributed by atoms with Crippen LogP contribution >= 0.6 is 0 Å². The second-order valence-corrected chi connectivity index (χ2v) is 7.62. The molecule has 0 bridgehead atoms. The Morgan fingerprint density at radius 1 is 1.14 bits per heavy atom. The molecular weight excluding hydrogens is 353 g/mol. The lowest BCUT2D eigenvalue weighted by Crippen LogP contribution is -2.28. The fourth-order valence-corrected chi connectivity index (χ4v) is 3.70. The zero-order valence-electron chi connectivity index (χ0n) is 16.4. The van der Waals surface area contributed by atoms with Gasteiger partial charge in [-0.2, -0.15) is 5.10 Å². The summed E-state index contributed by atoms with van der Waals surface area (Å²) >= 11 is 0. The molecular formula is C23H26FN3O. The highest BCUT2D eigenvalue weighted by Gasteiger charge is 2.19. The third-order valence-electron chi connectivity index (χ3n) is 5.19. The van der Waals surface area contributed by atoms with E-state index in [1.54, 1.807) is 12.1 Å². The molecule has 0 radical (unpaired) electrons. The van der Waals surface area contributed by atoms with Crippen LogP contribution in [0.15, 0.2) is 54.7 Å². The minimum Gasteiger partial charge on any atom is -0.377 e. The lowest BCUT2D eigenvalue weighted by atomic mass is 10.1. The first kappa shape index (κ1) is 18.8. The monoisotopic (exact) mass is 379 g/mol. The Balaban J connectivity index is 1.63. The topological polar surface area (TPSA) is 30.3 Å². The molecule has 1 aliphatic heterocycles. The summed E-state index contributed by atoms with van der Waals surface area (Å²) in [6.07, 6.45) is 4.66. The molecule has 5 heteroatoms. The van der Waals surface area contributed by atoms with Crippen LogP contribution in [0.5, 0.6) is 0 Å². The van der Waals surface area contributed by atoms with Crippen LogP contribution in [-0.2, 0) is 11.3 Å². The molecule has 1 fully saturated rings. The number of nitrogens with zero attached hydrogens (tertiary/aromatic N) is 3. The van der Waals surface area contributed by atoms with E-state index in [0.29, 0.717) is 6.10 Å². The number of hydrogen-bond acceptors (Lipinski definition) is 3. The fraction of sp³-hybridized carbons (Fsp3) is 0.348. The molecule has 0 unspecified atom stereocenters. The van der Waals surface area contributed by atoms with Crippen LogP contribution < -0.4 is 0 Å². The summed E-state index contributed by atoms with van der Waals surface area (Å²) in [7, 11) is 2.11. The number of ether oxygens (including phenoxy) is 1. The van der Waals surface area contributed by atoms with E-state index in [1.165, 1.54) is 17.7 Å². The number of halogens is 1. The van der Waals surface area contributed by atoms with E-state index in [4.69, 9.17) is 9.84 Å². The lowest BCUT2D eigenvalue weighted by Gasteiger charge is -2.20. The Kier molecular flexibility index (Phi) is 5.55. The minimum atomic E-state index is -0.237. The Hall–Kier alpha value is -2.50. The molecule has 1 aliphatic rings. The fourth-order valence-electron chi connectivity index (χ4n) is 3.70. The molecule has 0 aliphatic carbocycles. The zero-order valence-corrected chi connectivity index (χ0v) is 16.4. The molecule has 0 saturated carbocycles. The Morgan fingerprint density at radius 2 is 1.89 bits per heavy atom. The maximum Gasteiger partial charge on any atom is 0.123 e. The molecule has 2 heterocycles. The van der Waals surface area contributed by atoms with E-state index >= 15 is 0 Å². The second-order valence-electron chi connectivity index (χ2n) is 7.62. The summed E-state index contributed by atoms with van der Waals surface area (Å²) in [4.78, 5) is 2.28. The molecule has 146 valence electrons. The molecule has 0 spiro atoms. The maximum absolute atomic E-state index is 13.4. The number of rotatable bonds is 6. The smallest absolute Gasteiger partial charge is 0.123 e. The van der Waals surface area contributed by atoms with Crippen molar-refractivity contribution < 1.29 is 9.13 Å². The van der Waals surface area contributed by atoms with Crippen molar-refractivity contribution in [1.29, 1.82) is 0 Å². The van der Waals surface area contributed by atoms with Gasteiger partial charge >= 0.3 is 0 Å². The quantitative estimate of drug-likeness (QED) is 0.627. The normalized spacial score (nSPS) is 16.8. The van der Waals surface area contributed by atoms with Gasteiger partial charge in [0.05, 0.1) is 17.5 Å². The van der Waals surface area contributed by atoms with Crippen LogP contribution in [0, 0.1) is 12.7 Å². The summed E-state index contributed by atoms with van der Waals surface area (Å²) in [6, 6.07) is 14.9. The summed E-state index contributed by atoms with van der Waals surface area (Å²) in [5.74, 6) is -0.237. The number of likely N-dealkylation sites (N-methyl/N-ethyl adjacent to an activating group) is 1. The number of benzene rings is 2. The van der Waals surface area contributed by atoms with Crippen LogP contribution in [0.4, 0.5) is 4.39 Å². The summed E-state index contributed by atoms with van der Waals surface area (Å²) in [5, 5.41) is 4.83. The Labute approximate surface area is 165 Å². The van der Waals surface area contributed by atoms with Crippen LogP contribution in [0.25, 0.3) is 16.9 Å². The Morgan fingerprint density at radius 3 is 2.57 bits per heavy atom. The van der Waals surface area contributed by atoms with Gasteiger partial charge in [0.25, 0.3) is 0 Å². The van der Waals surface area contributed by atoms with Crippen molar-refractivity contribution >= 4 is 0 Å². The highest BCUT2D eigenvalue weighted by Crippen LogP contribution is 2.26. The first-order chi connectivity index (χ1) is 13.6. The molecule has 4 nitrogen and oxygen atoms in total. The van der Waals surface area contributed by atoms with E-state index in [-0.39, 0.29) is 5.82 Å². The Bertz CT molecular complexity index is 912. The maximum atomic E-state index is 13.4. The first-order valence-corrected chi connectivity index (χ1v) is 9.80. The third kappa shape index (κ3) is 4.32. The van der Waals surface area contributed by atoms with Gasteiger partial charge in [0, 0.05) is 37.0 Å². The van der Waals surface area contributed by atoms with E-state index in [2.05, 4.69) is 49.3 Å². The zero-order chi connectivity index (χ0) is 19.5. The molecule has 4 rings (SSSR count). The lowest BCUT2D eigenvalue weighted by molar-refractivity contribution is 0.0793. The molecule has 1 saturated heterocycles. The largest absolute Gasteiger partial charge is 0.377 e. The summed E-state index contributed by atoms with van der Waals surface area (Å²) < 4.78 is 21.1. The van der Waals surface area contributed by atoms with Gasteiger partial charge in [-0.05, 0) is 63.2 Å². The van der Waals surface area contributed by atoms with Gasteiger partial charge in [0.1, 0.15) is 5.82 Å². The molecule has 0 amide bonds. The first-order valence-electron chi connectivity index (χ1n) is 9.80. The van der Waals surface area contributed by atoms with Crippen molar-refractivity contribution in [2.24, 2.45) is 0 Å². The summed E-state index contributed by atoms with van der Waals surface area (Å²) in [6.45, 7) is 4.60. The highest BCUT2D eigenvalue weighted by molar-refractivity contribution is 5.63. The molecule has 1 aromatic heterocycles. The van der Waals surface area contributed by atoms with Gasteiger partial charge in [-0.15, -0.1) is 0 Å². The predicted molar refractivity (Wildman–Crippen MR) is 109 cm³/mol. The molecule has 0 N–H and O–H groups in total. The SMILES string of the molecule is Cc1ccc(-n2cc(CN(C)C[C@@H]3CCCO3)c(-c3ccc(F)cc3)n2)cc1. The minimum absolute atomic E-state index is 0.237. The number of aryl methyl sites for hydroxylation is 1. The van der Waals surface area contributed by atoms with Crippen molar-refractivity contribution in [1.82, 2.24) is 14.7 Å². The molecule has 1 atom stereocenters. The molecule has 3 aromatic rings. The van der Waals surface area contributed by atoms with Crippen molar-refractivity contribution in [2.75, 3.05) is 20.2 Å². The van der Waals surface area contributed by atoms with Gasteiger partial charge in [0.15, 0.2) is 0 Å². The van der Waals surface area contributed by atoms with E-state index < -0.39 is 0 Å². The average molecular weight is 379 g/mol. The van der Waals surface area contributed by atoms with Crippen LogP contribution in [0.2, 0.25) is 0 Å². The van der Waals surface area contributed by atoms with Crippen molar-refractivity contribution in [3.8, 4) is 16.9 Å². The van der Waals surface area contributed by atoms with Crippen molar-refractivity contribution in [2.45, 2.75) is 32.4 Å². The second kappa shape index (κ2) is 8.25. The highest BCUT2D eigenvalue weighted by atomic mass is 19.1. The van der Waals surface area contributed by atoms with Gasteiger partial charge < -0.3 is 4.74 Å². The van der Waals surface area contributed by atoms with E-state index in [1.807, 2.05) is 4.68 Å². The predicted octanol–water partition coefficient (Wildman–Crippen LogP) is 4.60.